The molecule has 0 aliphatic heterocycles. The van der Waals surface area contributed by atoms with E-state index in [2.05, 4.69) is 15.5 Å². The Hall–Kier alpha value is -2.23. The number of hydrogen-bond donors (Lipinski definition) is 2. The van der Waals surface area contributed by atoms with E-state index >= 15 is 0 Å². The Morgan fingerprint density at radius 1 is 1.36 bits per heavy atom. The maximum atomic E-state index is 12.8. The van der Waals surface area contributed by atoms with Gasteiger partial charge in [0.05, 0.1) is 17.0 Å². The molecule has 1 heterocycles. The molecule has 0 atom stereocenters. The van der Waals surface area contributed by atoms with Gasteiger partial charge in [-0.15, -0.1) is 10.2 Å². The van der Waals surface area contributed by atoms with Crippen LogP contribution in [-0.2, 0) is 11.0 Å². The smallest absolute Gasteiger partial charge is 0.336 e. The average Bonchev–Trinajstić information content (AvgIpc) is 2.76. The molecule has 0 bridgehead atoms. The Bertz CT molecular complexity index is 686. The molecular weight excluding hydrogens is 319 g/mol. The molecule has 3 N–H and O–H groups in total. The number of thioether (sulfide) groups is 1. The van der Waals surface area contributed by atoms with Gasteiger partial charge in [0.1, 0.15) is 5.82 Å². The van der Waals surface area contributed by atoms with Crippen molar-refractivity contribution >= 4 is 23.4 Å². The number of para-hydroxylation sites is 1. The van der Waals surface area contributed by atoms with E-state index in [0.717, 1.165) is 17.8 Å². The van der Waals surface area contributed by atoms with Gasteiger partial charge in [-0.05, 0) is 19.1 Å². The quantitative estimate of drug-likeness (QED) is 0.661. The highest BCUT2D eigenvalue weighted by atomic mass is 32.2. The first-order chi connectivity index (χ1) is 10.3. The van der Waals surface area contributed by atoms with Gasteiger partial charge < -0.3 is 11.2 Å². The molecule has 0 saturated carbocycles. The summed E-state index contributed by atoms with van der Waals surface area (Å²) in [6.45, 7) is 1.64. The molecule has 10 heteroatoms. The number of carbonyl (C=O) groups excluding carboxylic acids is 1. The van der Waals surface area contributed by atoms with Gasteiger partial charge in [-0.2, -0.15) is 13.2 Å². The summed E-state index contributed by atoms with van der Waals surface area (Å²) in [6, 6.07) is 4.77. The fourth-order valence-electron chi connectivity index (χ4n) is 1.60. The van der Waals surface area contributed by atoms with Crippen LogP contribution in [0.5, 0.6) is 0 Å². The van der Waals surface area contributed by atoms with Gasteiger partial charge in [0, 0.05) is 0 Å². The van der Waals surface area contributed by atoms with Crippen molar-refractivity contribution in [2.24, 2.45) is 0 Å². The van der Waals surface area contributed by atoms with Crippen LogP contribution in [0.4, 0.5) is 18.9 Å². The third-order valence-electron chi connectivity index (χ3n) is 2.67. The zero-order chi connectivity index (χ0) is 16.3. The number of aromatic nitrogens is 3. The largest absolute Gasteiger partial charge is 0.418 e. The second kappa shape index (κ2) is 6.26. The molecular formula is C12H12F3N5OS. The van der Waals surface area contributed by atoms with Crippen LogP contribution in [0, 0.1) is 6.92 Å². The Balaban J connectivity index is 2.03. The molecule has 22 heavy (non-hydrogen) atoms. The zero-order valence-electron chi connectivity index (χ0n) is 11.4. The molecule has 118 valence electrons. The predicted molar refractivity (Wildman–Crippen MR) is 75.7 cm³/mol. The lowest BCUT2D eigenvalue weighted by atomic mass is 10.1. The van der Waals surface area contributed by atoms with E-state index in [1.807, 2.05) is 0 Å². The number of nitrogens with one attached hydrogen (secondary N) is 1. The fourth-order valence-corrected chi connectivity index (χ4v) is 2.31. The van der Waals surface area contributed by atoms with Crippen LogP contribution in [-0.4, -0.2) is 26.5 Å². The lowest BCUT2D eigenvalue weighted by Crippen LogP contribution is -2.19. The third-order valence-corrected chi connectivity index (χ3v) is 3.62. The highest BCUT2D eigenvalue weighted by Gasteiger charge is 2.33. The zero-order valence-corrected chi connectivity index (χ0v) is 12.2. The van der Waals surface area contributed by atoms with Crippen molar-refractivity contribution in [3.63, 3.8) is 0 Å². The summed E-state index contributed by atoms with van der Waals surface area (Å²) in [5.41, 5.74) is -1.18. The number of nitrogens with two attached hydrogens (primary N) is 1. The normalized spacial score (nSPS) is 11.5. The summed E-state index contributed by atoms with van der Waals surface area (Å²) >= 11 is 0.980. The van der Waals surface area contributed by atoms with Crippen molar-refractivity contribution in [3.8, 4) is 0 Å². The highest BCUT2D eigenvalue weighted by Crippen LogP contribution is 2.34. The molecule has 0 unspecified atom stereocenters. The van der Waals surface area contributed by atoms with Crippen molar-refractivity contribution in [2.45, 2.75) is 18.3 Å². The van der Waals surface area contributed by atoms with Crippen molar-refractivity contribution in [3.05, 3.63) is 35.7 Å². The number of hydrogen-bond acceptors (Lipinski definition) is 5. The van der Waals surface area contributed by atoms with Crippen molar-refractivity contribution < 1.29 is 18.0 Å². The van der Waals surface area contributed by atoms with Gasteiger partial charge in [0.15, 0.2) is 0 Å². The summed E-state index contributed by atoms with van der Waals surface area (Å²) in [5.74, 6) is 5.34. The van der Waals surface area contributed by atoms with Crippen molar-refractivity contribution in [2.75, 3.05) is 16.9 Å². The van der Waals surface area contributed by atoms with E-state index in [-0.39, 0.29) is 11.4 Å². The molecule has 0 aliphatic carbocycles. The molecule has 1 aromatic carbocycles. The third kappa shape index (κ3) is 3.70. The van der Waals surface area contributed by atoms with Gasteiger partial charge in [-0.3, -0.25) is 4.79 Å². The average molecular weight is 331 g/mol. The number of aryl methyl sites for hydroxylation is 1. The molecule has 0 radical (unpaired) electrons. The number of rotatable bonds is 4. The molecule has 6 nitrogen and oxygen atoms in total. The van der Waals surface area contributed by atoms with E-state index in [1.54, 1.807) is 6.92 Å². The van der Waals surface area contributed by atoms with Crippen LogP contribution < -0.4 is 11.2 Å². The summed E-state index contributed by atoms with van der Waals surface area (Å²) < 4.78 is 39.6. The van der Waals surface area contributed by atoms with Crippen LogP contribution in [0.15, 0.2) is 29.4 Å². The fraction of sp³-hybridized carbons (Fsp3) is 0.250. The maximum absolute atomic E-state index is 12.8. The van der Waals surface area contributed by atoms with Crippen molar-refractivity contribution in [1.82, 2.24) is 14.9 Å². The monoisotopic (exact) mass is 331 g/mol. The van der Waals surface area contributed by atoms with E-state index in [1.165, 1.54) is 22.9 Å². The first kappa shape index (κ1) is 16.1. The molecule has 0 saturated heterocycles. The lowest BCUT2D eigenvalue weighted by Gasteiger charge is -2.13. The number of amides is 1. The van der Waals surface area contributed by atoms with Crippen molar-refractivity contribution in [1.29, 1.82) is 0 Å². The number of anilines is 1. The molecule has 1 aromatic heterocycles. The molecule has 0 spiro atoms. The van der Waals surface area contributed by atoms with Crippen LogP contribution in [0.25, 0.3) is 0 Å². The molecule has 2 aromatic rings. The van der Waals surface area contributed by atoms with Crippen LogP contribution >= 0.6 is 11.8 Å². The number of benzene rings is 1. The first-order valence-electron chi connectivity index (χ1n) is 6.05. The number of carbonyl (C=O) groups is 1. The maximum Gasteiger partial charge on any atom is 0.418 e. The van der Waals surface area contributed by atoms with Gasteiger partial charge in [-0.25, -0.2) is 4.68 Å². The number of nitrogens with zero attached hydrogens (tertiary/aromatic N) is 3. The number of alkyl halides is 3. The van der Waals surface area contributed by atoms with E-state index < -0.39 is 17.6 Å². The van der Waals surface area contributed by atoms with Crippen LogP contribution in [0.1, 0.15) is 11.4 Å². The SMILES string of the molecule is Cc1nnc(SCC(=O)Nc2ccccc2C(F)(F)F)n1N. The summed E-state index contributed by atoms with van der Waals surface area (Å²) in [4.78, 5) is 11.8. The van der Waals surface area contributed by atoms with Crippen LogP contribution in [0.2, 0.25) is 0 Å². The first-order valence-corrected chi connectivity index (χ1v) is 7.03. The molecule has 1 amide bonds. The Kier molecular flexibility index (Phi) is 4.59. The van der Waals surface area contributed by atoms with Gasteiger partial charge in [0.25, 0.3) is 0 Å². The van der Waals surface area contributed by atoms with Gasteiger partial charge in [0.2, 0.25) is 11.1 Å². The Morgan fingerprint density at radius 2 is 2.05 bits per heavy atom. The lowest BCUT2D eigenvalue weighted by molar-refractivity contribution is -0.137. The second-order valence-corrected chi connectivity index (χ2v) is 5.22. The van der Waals surface area contributed by atoms with E-state index in [4.69, 9.17) is 5.84 Å². The van der Waals surface area contributed by atoms with Gasteiger partial charge in [-0.1, -0.05) is 23.9 Å². The highest BCUT2D eigenvalue weighted by molar-refractivity contribution is 7.99. The van der Waals surface area contributed by atoms with E-state index in [0.29, 0.717) is 11.0 Å². The predicted octanol–water partition coefficient (Wildman–Crippen LogP) is 2.05. The molecule has 0 aliphatic rings. The second-order valence-electron chi connectivity index (χ2n) is 4.28. The summed E-state index contributed by atoms with van der Waals surface area (Å²) in [6.07, 6.45) is -4.54. The standard InChI is InChI=1S/C12H12F3N5OS/c1-7-18-19-11(20(7)16)22-6-10(21)17-9-5-3-2-4-8(9)12(13,14)15/h2-5H,6,16H2,1H3,(H,17,21). The summed E-state index contributed by atoms with van der Waals surface area (Å²) in [5, 5.41) is 9.99. The number of halogens is 3. The Morgan fingerprint density at radius 3 is 2.64 bits per heavy atom. The van der Waals surface area contributed by atoms with Crippen LogP contribution in [0.3, 0.4) is 0 Å². The van der Waals surface area contributed by atoms with E-state index in [9.17, 15) is 18.0 Å². The minimum absolute atomic E-state index is 0.137. The molecule has 0 fully saturated rings. The minimum atomic E-state index is -4.54. The summed E-state index contributed by atoms with van der Waals surface area (Å²) in [7, 11) is 0. The van der Waals surface area contributed by atoms with Gasteiger partial charge >= 0.3 is 6.18 Å². The topological polar surface area (TPSA) is 85.8 Å². The number of nitrogen functional groups attached to an aromatic ring is 1. The molecule has 2 rings (SSSR count). The minimum Gasteiger partial charge on any atom is -0.336 e. The Labute approximate surface area is 127 Å².